The number of carbonyl (C=O) groups excluding carboxylic acids is 1. The van der Waals surface area contributed by atoms with Gasteiger partial charge in [-0.05, 0) is 30.6 Å². The summed E-state index contributed by atoms with van der Waals surface area (Å²) in [5, 5.41) is 0. The van der Waals surface area contributed by atoms with Gasteiger partial charge in [-0.15, -0.1) is 0 Å². The van der Waals surface area contributed by atoms with Crippen LogP contribution in [0.2, 0.25) is 0 Å². The van der Waals surface area contributed by atoms with E-state index in [2.05, 4.69) is 13.8 Å². The molecule has 18 heavy (non-hydrogen) atoms. The molecule has 0 aromatic carbocycles. The van der Waals surface area contributed by atoms with Crippen molar-refractivity contribution in [2.45, 2.75) is 46.0 Å². The lowest BCUT2D eigenvalue weighted by Crippen LogP contribution is -3.11. The molecule has 1 aliphatic carbocycles. The van der Waals surface area contributed by atoms with Crippen molar-refractivity contribution in [1.82, 2.24) is 0 Å². The maximum absolute atomic E-state index is 11.8. The first-order valence-corrected chi connectivity index (χ1v) is 7.64. The Bertz CT molecular complexity index is 274. The highest BCUT2D eigenvalue weighted by molar-refractivity contribution is 5.70. The molecule has 1 aliphatic heterocycles. The number of rotatable bonds is 4. The van der Waals surface area contributed by atoms with Gasteiger partial charge < -0.3 is 9.64 Å². The zero-order chi connectivity index (χ0) is 13.0. The number of esters is 1. The molecule has 1 N–H and O–H groups in total. The molecular weight excluding hydrogens is 226 g/mol. The minimum absolute atomic E-state index is 0.0118. The van der Waals surface area contributed by atoms with E-state index < -0.39 is 0 Å². The number of quaternary nitrogens is 1. The molecule has 2 rings (SSSR count). The number of ether oxygens (including phenoxy) is 1. The second kappa shape index (κ2) is 6.55. The molecule has 2 fully saturated rings. The number of carbonyl (C=O) groups is 1. The third kappa shape index (κ3) is 3.98. The topological polar surface area (TPSA) is 30.7 Å². The number of nitrogens with one attached hydrogen (secondary N) is 1. The van der Waals surface area contributed by atoms with Crippen LogP contribution >= 0.6 is 0 Å². The highest BCUT2D eigenvalue weighted by Crippen LogP contribution is 2.33. The van der Waals surface area contributed by atoms with Gasteiger partial charge >= 0.3 is 5.97 Å². The monoisotopic (exact) mass is 254 g/mol. The molecule has 0 aromatic rings. The van der Waals surface area contributed by atoms with Crippen LogP contribution in [0.5, 0.6) is 0 Å². The van der Waals surface area contributed by atoms with E-state index in [1.54, 1.807) is 0 Å². The smallest absolute Gasteiger partial charge is 0.361 e. The largest absolute Gasteiger partial charge is 0.461 e. The molecule has 0 unspecified atom stereocenters. The maximum Gasteiger partial charge on any atom is 0.361 e. The van der Waals surface area contributed by atoms with E-state index in [9.17, 15) is 4.79 Å². The van der Waals surface area contributed by atoms with Crippen LogP contribution in [0, 0.1) is 17.8 Å². The van der Waals surface area contributed by atoms with Crippen LogP contribution in [0.1, 0.15) is 46.0 Å². The van der Waals surface area contributed by atoms with Crippen molar-refractivity contribution in [2.24, 2.45) is 17.8 Å². The van der Waals surface area contributed by atoms with Crippen LogP contribution < -0.4 is 4.90 Å². The van der Waals surface area contributed by atoms with Crippen molar-refractivity contribution in [3.05, 3.63) is 0 Å². The molecule has 0 radical (unpaired) electrons. The average molecular weight is 254 g/mol. The minimum Gasteiger partial charge on any atom is -0.461 e. The van der Waals surface area contributed by atoms with Crippen molar-refractivity contribution in [3.8, 4) is 0 Å². The molecule has 0 bridgehead atoms. The Morgan fingerprint density at radius 3 is 2.61 bits per heavy atom. The molecule has 104 valence electrons. The summed E-state index contributed by atoms with van der Waals surface area (Å²) in [6, 6.07) is 0. The Morgan fingerprint density at radius 2 is 1.94 bits per heavy atom. The van der Waals surface area contributed by atoms with Gasteiger partial charge in [0.15, 0.2) is 6.54 Å². The van der Waals surface area contributed by atoms with E-state index in [4.69, 9.17) is 4.74 Å². The van der Waals surface area contributed by atoms with Crippen molar-refractivity contribution < 1.29 is 14.4 Å². The first-order valence-electron chi connectivity index (χ1n) is 7.64. The number of hydrogen-bond acceptors (Lipinski definition) is 2. The number of hydrogen-bond donors (Lipinski definition) is 1. The Balaban J connectivity index is 1.65. The summed E-state index contributed by atoms with van der Waals surface area (Å²) in [5.41, 5.74) is 0. The van der Waals surface area contributed by atoms with E-state index in [0.717, 1.165) is 19.0 Å². The highest BCUT2D eigenvalue weighted by atomic mass is 16.5. The van der Waals surface area contributed by atoms with E-state index in [1.807, 2.05) is 0 Å². The molecule has 0 amide bonds. The molecule has 0 spiro atoms. The predicted octanol–water partition coefficient (Wildman–Crippen LogP) is 1.28. The van der Waals surface area contributed by atoms with E-state index >= 15 is 0 Å². The summed E-state index contributed by atoms with van der Waals surface area (Å²) in [4.78, 5) is 13.2. The van der Waals surface area contributed by atoms with Crippen LogP contribution in [0.4, 0.5) is 0 Å². The predicted molar refractivity (Wildman–Crippen MR) is 71.4 cm³/mol. The highest BCUT2D eigenvalue weighted by Gasteiger charge is 2.27. The molecule has 2 aliphatic rings. The van der Waals surface area contributed by atoms with Crippen LogP contribution in [-0.4, -0.2) is 32.2 Å². The molecule has 1 saturated heterocycles. The van der Waals surface area contributed by atoms with Crippen molar-refractivity contribution in [1.29, 1.82) is 0 Å². The third-order valence-corrected chi connectivity index (χ3v) is 4.77. The lowest BCUT2D eigenvalue weighted by Gasteiger charge is -2.32. The van der Waals surface area contributed by atoms with Crippen molar-refractivity contribution in [2.75, 3.05) is 26.2 Å². The summed E-state index contributed by atoms with van der Waals surface area (Å²) in [6.45, 7) is 8.16. The molecule has 1 heterocycles. The maximum atomic E-state index is 11.8. The van der Waals surface area contributed by atoms with Gasteiger partial charge in [0.25, 0.3) is 0 Å². The zero-order valence-electron chi connectivity index (χ0n) is 11.9. The van der Waals surface area contributed by atoms with Gasteiger partial charge in [0.1, 0.15) is 0 Å². The lowest BCUT2D eigenvalue weighted by atomic mass is 9.76. The van der Waals surface area contributed by atoms with Gasteiger partial charge in [0, 0.05) is 12.8 Å². The van der Waals surface area contributed by atoms with Gasteiger partial charge in [-0.3, -0.25) is 0 Å². The fourth-order valence-electron chi connectivity index (χ4n) is 3.48. The average Bonchev–Trinajstić information content (AvgIpc) is 2.80. The summed E-state index contributed by atoms with van der Waals surface area (Å²) < 4.78 is 5.49. The normalized spacial score (nSPS) is 33.6. The quantitative estimate of drug-likeness (QED) is 0.766. The molecule has 3 nitrogen and oxygen atoms in total. The van der Waals surface area contributed by atoms with E-state index in [-0.39, 0.29) is 5.97 Å². The Hall–Kier alpha value is -0.570. The number of likely N-dealkylation sites (tertiary alicyclic amines) is 1. The van der Waals surface area contributed by atoms with Gasteiger partial charge in [-0.2, -0.15) is 0 Å². The van der Waals surface area contributed by atoms with Gasteiger partial charge in [-0.1, -0.05) is 20.3 Å². The second-order valence-corrected chi connectivity index (χ2v) is 6.47. The SMILES string of the molecule is C[C@H]1CC[C@@H](COC(=O)C[NH+]2CCCC2)[C@@H](C)C1. The Labute approximate surface area is 111 Å². The lowest BCUT2D eigenvalue weighted by molar-refractivity contribution is -0.879. The minimum atomic E-state index is 0.0118. The molecule has 3 heteroatoms. The van der Waals surface area contributed by atoms with Crippen molar-refractivity contribution >= 4 is 5.97 Å². The summed E-state index contributed by atoms with van der Waals surface area (Å²) in [6.07, 6.45) is 6.34. The molecule has 0 aromatic heterocycles. The molecule has 3 atom stereocenters. The molecule has 1 saturated carbocycles. The van der Waals surface area contributed by atoms with Crippen LogP contribution in [0.15, 0.2) is 0 Å². The van der Waals surface area contributed by atoms with E-state index in [1.165, 1.54) is 37.0 Å². The summed E-state index contributed by atoms with van der Waals surface area (Å²) >= 11 is 0. The van der Waals surface area contributed by atoms with Crippen LogP contribution in [-0.2, 0) is 9.53 Å². The van der Waals surface area contributed by atoms with Crippen LogP contribution in [0.25, 0.3) is 0 Å². The van der Waals surface area contributed by atoms with Gasteiger partial charge in [0.2, 0.25) is 0 Å². The first kappa shape index (κ1) is 13.9. The van der Waals surface area contributed by atoms with Crippen molar-refractivity contribution in [3.63, 3.8) is 0 Å². The van der Waals surface area contributed by atoms with Crippen LogP contribution in [0.3, 0.4) is 0 Å². The van der Waals surface area contributed by atoms with Gasteiger partial charge in [0.05, 0.1) is 19.7 Å². The standard InChI is InChI=1S/C15H27NO2/c1-12-5-6-14(13(2)9-12)11-18-15(17)10-16-7-3-4-8-16/h12-14H,3-11H2,1-2H3/p+1/t12-,13-,14-/m0/s1. The Kier molecular flexibility index (Phi) is 5.04. The fraction of sp³-hybridized carbons (Fsp3) is 0.933. The zero-order valence-corrected chi connectivity index (χ0v) is 11.9. The Morgan fingerprint density at radius 1 is 1.22 bits per heavy atom. The first-order chi connectivity index (χ1) is 8.65. The summed E-state index contributed by atoms with van der Waals surface area (Å²) in [5.74, 6) is 2.16. The fourth-order valence-corrected chi connectivity index (χ4v) is 3.48. The second-order valence-electron chi connectivity index (χ2n) is 6.47. The van der Waals surface area contributed by atoms with E-state index in [0.29, 0.717) is 25.0 Å². The summed E-state index contributed by atoms with van der Waals surface area (Å²) in [7, 11) is 0. The van der Waals surface area contributed by atoms with Gasteiger partial charge in [-0.25, -0.2) is 4.79 Å². The molecular formula is C15H28NO2+. The third-order valence-electron chi connectivity index (χ3n) is 4.77.